The van der Waals surface area contributed by atoms with Crippen LogP contribution in [0.25, 0.3) is 0 Å². The Morgan fingerprint density at radius 1 is 1.10 bits per heavy atom. The highest BCUT2D eigenvalue weighted by Crippen LogP contribution is 2.29. The molecular weight excluding hydrogens is 287 g/mol. The number of ether oxygens (including phenoxy) is 1. The van der Waals surface area contributed by atoms with Crippen LogP contribution in [0.2, 0.25) is 0 Å². The van der Waals surface area contributed by atoms with E-state index in [1.807, 2.05) is 0 Å². The Kier molecular flexibility index (Phi) is 4.53. The first-order valence-corrected chi connectivity index (χ1v) is 5.28. The summed E-state index contributed by atoms with van der Waals surface area (Å²) in [5.74, 6) is -13.2. The molecule has 0 aromatic heterocycles. The van der Waals surface area contributed by atoms with Gasteiger partial charge in [0.2, 0.25) is 35.0 Å². The van der Waals surface area contributed by atoms with E-state index >= 15 is 0 Å². The molecule has 0 fully saturated rings. The Morgan fingerprint density at radius 2 is 1.50 bits per heavy atom. The third kappa shape index (κ3) is 2.67. The van der Waals surface area contributed by atoms with Crippen molar-refractivity contribution in [2.75, 3.05) is 13.7 Å². The number of benzene rings is 1. The van der Waals surface area contributed by atoms with Crippen molar-refractivity contribution in [2.45, 2.75) is 12.5 Å². The zero-order chi connectivity index (χ0) is 15.7. The van der Waals surface area contributed by atoms with Crippen LogP contribution in [0, 0.1) is 29.1 Å². The summed E-state index contributed by atoms with van der Waals surface area (Å²) in [5.41, 5.74) is 3.49. The summed E-state index contributed by atoms with van der Waals surface area (Å²) in [4.78, 5) is 11.1. The first-order chi connectivity index (χ1) is 9.15. The lowest BCUT2D eigenvalue weighted by Gasteiger charge is -2.25. The average molecular weight is 298 g/mol. The maximum atomic E-state index is 13.3. The summed E-state index contributed by atoms with van der Waals surface area (Å²) in [5, 5.41) is 2.42. The molecule has 4 nitrogen and oxygen atoms in total. The minimum Gasteiger partial charge on any atom is -0.485 e. The Balaban J connectivity index is 3.15. The van der Waals surface area contributed by atoms with Crippen LogP contribution in [0.15, 0.2) is 0 Å². The number of carbonyl (C=O) groups is 1. The first kappa shape index (κ1) is 16.2. The van der Waals surface area contributed by atoms with Gasteiger partial charge in [0.05, 0.1) is 0 Å². The van der Waals surface area contributed by atoms with Crippen LogP contribution < -0.4 is 15.8 Å². The van der Waals surface area contributed by atoms with Gasteiger partial charge < -0.3 is 15.8 Å². The first-order valence-electron chi connectivity index (χ1n) is 5.28. The third-order valence-electron chi connectivity index (χ3n) is 2.77. The number of halogens is 5. The molecule has 0 aliphatic carbocycles. The molecule has 3 N–H and O–H groups in total. The minimum absolute atomic E-state index is 0.725. The zero-order valence-corrected chi connectivity index (χ0v) is 10.5. The fourth-order valence-corrected chi connectivity index (χ4v) is 1.19. The van der Waals surface area contributed by atoms with Gasteiger partial charge in [-0.1, -0.05) is 0 Å². The molecule has 0 spiro atoms. The SMILES string of the molecule is CNC(C)(COc1c(F)c(F)c(F)c(F)c1F)C(N)=O. The molecule has 0 aliphatic heterocycles. The highest BCUT2D eigenvalue weighted by atomic mass is 19.2. The molecule has 1 aromatic rings. The van der Waals surface area contributed by atoms with Crippen molar-refractivity contribution in [3.8, 4) is 5.75 Å². The molecule has 112 valence electrons. The molecule has 1 rings (SSSR count). The Morgan fingerprint density at radius 3 is 1.85 bits per heavy atom. The highest BCUT2D eigenvalue weighted by Gasteiger charge is 2.33. The number of nitrogens with one attached hydrogen (secondary N) is 1. The quantitative estimate of drug-likeness (QED) is 0.488. The normalized spacial score (nSPS) is 13.9. The fourth-order valence-electron chi connectivity index (χ4n) is 1.19. The van der Waals surface area contributed by atoms with Crippen molar-refractivity contribution in [3.63, 3.8) is 0 Å². The minimum atomic E-state index is -2.29. The van der Waals surface area contributed by atoms with E-state index in [0.717, 1.165) is 0 Å². The van der Waals surface area contributed by atoms with Crippen LogP contribution in [0.5, 0.6) is 5.75 Å². The second-order valence-corrected chi connectivity index (χ2v) is 4.13. The molecule has 1 unspecified atom stereocenters. The van der Waals surface area contributed by atoms with Crippen LogP contribution in [0.1, 0.15) is 6.92 Å². The number of primary amides is 1. The van der Waals surface area contributed by atoms with E-state index in [2.05, 4.69) is 10.1 Å². The lowest BCUT2D eigenvalue weighted by Crippen LogP contribution is -2.55. The molecule has 1 amide bonds. The number of rotatable bonds is 5. The molecule has 1 aromatic carbocycles. The summed E-state index contributed by atoms with van der Waals surface area (Å²) in [6.07, 6.45) is 0. The predicted molar refractivity (Wildman–Crippen MR) is 58.4 cm³/mol. The third-order valence-corrected chi connectivity index (χ3v) is 2.77. The standard InChI is InChI=1S/C11H11F5N2O2/c1-11(18-2,10(17)19)3-20-9-7(15)5(13)4(12)6(14)8(9)16/h18H,3H2,1-2H3,(H2,17,19). The second-order valence-electron chi connectivity index (χ2n) is 4.13. The Labute approximate surface area is 110 Å². The molecule has 0 radical (unpaired) electrons. The van der Waals surface area contributed by atoms with E-state index in [0.29, 0.717) is 0 Å². The second kappa shape index (κ2) is 5.61. The number of nitrogens with two attached hydrogens (primary N) is 1. The lowest BCUT2D eigenvalue weighted by atomic mass is 10.0. The van der Waals surface area contributed by atoms with E-state index < -0.39 is 52.9 Å². The van der Waals surface area contributed by atoms with Crippen molar-refractivity contribution in [1.29, 1.82) is 0 Å². The van der Waals surface area contributed by atoms with Crippen LogP contribution in [0.3, 0.4) is 0 Å². The summed E-state index contributed by atoms with van der Waals surface area (Å²) in [6.45, 7) is 0.512. The van der Waals surface area contributed by atoms with Crippen molar-refractivity contribution >= 4 is 5.91 Å². The summed E-state index contributed by atoms with van der Waals surface area (Å²) < 4.78 is 69.8. The van der Waals surface area contributed by atoms with Gasteiger partial charge in [0.1, 0.15) is 12.1 Å². The molecular formula is C11H11F5N2O2. The molecule has 0 aliphatic rings. The van der Waals surface area contributed by atoms with Crippen molar-refractivity contribution in [2.24, 2.45) is 5.73 Å². The Hall–Kier alpha value is -1.90. The molecule has 9 heteroatoms. The number of likely N-dealkylation sites (N-methyl/N-ethyl adjacent to an activating group) is 1. The van der Waals surface area contributed by atoms with Crippen molar-refractivity contribution in [1.82, 2.24) is 5.32 Å². The smallest absolute Gasteiger partial charge is 0.240 e. The topological polar surface area (TPSA) is 64.3 Å². The summed E-state index contributed by atoms with van der Waals surface area (Å²) in [6, 6.07) is 0. The van der Waals surface area contributed by atoms with E-state index in [1.54, 1.807) is 0 Å². The summed E-state index contributed by atoms with van der Waals surface area (Å²) >= 11 is 0. The highest BCUT2D eigenvalue weighted by molar-refractivity contribution is 5.84. The number of hydrogen-bond acceptors (Lipinski definition) is 3. The van der Waals surface area contributed by atoms with Gasteiger partial charge in [-0.25, -0.2) is 13.2 Å². The number of amides is 1. The van der Waals surface area contributed by atoms with Crippen LogP contribution in [0.4, 0.5) is 22.0 Å². The maximum absolute atomic E-state index is 13.3. The van der Waals surface area contributed by atoms with Gasteiger partial charge in [0, 0.05) is 0 Å². The van der Waals surface area contributed by atoms with Crippen LogP contribution >= 0.6 is 0 Å². The number of hydrogen-bond donors (Lipinski definition) is 2. The van der Waals surface area contributed by atoms with Gasteiger partial charge in [-0.05, 0) is 14.0 Å². The summed E-state index contributed by atoms with van der Waals surface area (Å²) in [7, 11) is 1.31. The molecule has 1 atom stereocenters. The van der Waals surface area contributed by atoms with E-state index in [9.17, 15) is 26.7 Å². The van der Waals surface area contributed by atoms with Crippen LogP contribution in [-0.2, 0) is 4.79 Å². The van der Waals surface area contributed by atoms with Gasteiger partial charge in [0.15, 0.2) is 5.75 Å². The fraction of sp³-hybridized carbons (Fsp3) is 0.364. The van der Waals surface area contributed by atoms with Crippen LogP contribution in [-0.4, -0.2) is 25.1 Å². The molecule has 20 heavy (non-hydrogen) atoms. The van der Waals surface area contributed by atoms with Crippen molar-refractivity contribution < 1.29 is 31.5 Å². The maximum Gasteiger partial charge on any atom is 0.240 e. The molecule has 0 saturated heterocycles. The molecule has 0 heterocycles. The van der Waals surface area contributed by atoms with E-state index in [-0.39, 0.29) is 0 Å². The van der Waals surface area contributed by atoms with Gasteiger partial charge >= 0.3 is 0 Å². The zero-order valence-electron chi connectivity index (χ0n) is 10.5. The van der Waals surface area contributed by atoms with Gasteiger partial charge in [0.25, 0.3) is 0 Å². The predicted octanol–water partition coefficient (Wildman–Crippen LogP) is 1.22. The van der Waals surface area contributed by atoms with Crippen molar-refractivity contribution in [3.05, 3.63) is 29.1 Å². The van der Waals surface area contributed by atoms with E-state index in [4.69, 9.17) is 5.73 Å². The van der Waals surface area contributed by atoms with Gasteiger partial charge in [-0.2, -0.15) is 8.78 Å². The number of carbonyl (C=O) groups excluding carboxylic acids is 1. The molecule has 0 saturated carbocycles. The average Bonchev–Trinajstić information content (AvgIpc) is 2.42. The largest absolute Gasteiger partial charge is 0.485 e. The van der Waals surface area contributed by atoms with Gasteiger partial charge in [-0.3, -0.25) is 4.79 Å². The van der Waals surface area contributed by atoms with E-state index in [1.165, 1.54) is 14.0 Å². The lowest BCUT2D eigenvalue weighted by molar-refractivity contribution is -0.124. The molecule has 0 bridgehead atoms. The van der Waals surface area contributed by atoms with Gasteiger partial charge in [-0.15, -0.1) is 0 Å². The Bertz CT molecular complexity index is 523. The monoisotopic (exact) mass is 298 g/mol.